The summed E-state index contributed by atoms with van der Waals surface area (Å²) < 4.78 is 0. The molecule has 0 aromatic carbocycles. The summed E-state index contributed by atoms with van der Waals surface area (Å²) in [6, 6.07) is 0. The summed E-state index contributed by atoms with van der Waals surface area (Å²) in [5.41, 5.74) is 4.75. The molecule has 0 aromatic rings. The van der Waals surface area contributed by atoms with E-state index in [1.165, 1.54) is 34.1 Å². The topological polar surface area (TPSA) is 51.2 Å². The van der Waals surface area contributed by atoms with Crippen LogP contribution in [0.1, 0.15) is 72.1 Å². The molecule has 0 saturated heterocycles. The van der Waals surface area contributed by atoms with Crippen molar-refractivity contribution in [2.24, 2.45) is 16.2 Å². The van der Waals surface area contributed by atoms with E-state index in [4.69, 9.17) is 0 Å². The molecule has 0 N–H and O–H groups in total. The number of hydrogen-bond donors (Lipinski definition) is 0. The van der Waals surface area contributed by atoms with Gasteiger partial charge in [0.25, 0.3) is 0 Å². The van der Waals surface area contributed by atoms with Crippen molar-refractivity contribution in [3.8, 4) is 0 Å². The third-order valence-electron chi connectivity index (χ3n) is 8.59. The molecule has 2 fully saturated rings. The standard InChI is InChI=1S/C24H28O3S/c1-14(25)28-19-13-15-12-16(26)4-10-23(15,3)17-6-11-24-18(21(17)19)5-8-22(24,2)9-7-20(24)27/h5,13,19H,4,6-12H2,1-3H3/t19-,22+,23?,24-/m1/s1. The zero-order chi connectivity index (χ0) is 19.9. The van der Waals surface area contributed by atoms with Crippen LogP contribution in [0.25, 0.3) is 0 Å². The molecule has 1 spiro atoms. The van der Waals surface area contributed by atoms with Crippen LogP contribution in [0.5, 0.6) is 0 Å². The van der Waals surface area contributed by atoms with Crippen LogP contribution < -0.4 is 0 Å². The minimum atomic E-state index is -0.340. The fraction of sp³-hybridized carbons (Fsp3) is 0.625. The first kappa shape index (κ1) is 18.6. The second-order valence-electron chi connectivity index (χ2n) is 9.87. The largest absolute Gasteiger partial charge is 0.299 e. The van der Waals surface area contributed by atoms with E-state index in [9.17, 15) is 14.4 Å². The smallest absolute Gasteiger partial charge is 0.186 e. The van der Waals surface area contributed by atoms with E-state index in [2.05, 4.69) is 26.0 Å². The Kier molecular flexibility index (Phi) is 3.86. The molecule has 4 atom stereocenters. The lowest BCUT2D eigenvalue weighted by molar-refractivity contribution is -0.127. The van der Waals surface area contributed by atoms with Gasteiger partial charge in [0, 0.05) is 31.6 Å². The highest BCUT2D eigenvalue weighted by Crippen LogP contribution is 2.70. The molecule has 0 aromatic heterocycles. The Bertz CT molecular complexity index is 922. The second-order valence-corrected chi connectivity index (χ2v) is 11.2. The van der Waals surface area contributed by atoms with Crippen molar-refractivity contribution in [2.45, 2.75) is 77.4 Å². The van der Waals surface area contributed by atoms with Gasteiger partial charge in [-0.15, -0.1) is 0 Å². The van der Waals surface area contributed by atoms with Crippen LogP contribution in [0.4, 0.5) is 0 Å². The molecule has 0 amide bonds. The average Bonchev–Trinajstić information content (AvgIpc) is 3.07. The number of hydrogen-bond acceptors (Lipinski definition) is 4. The van der Waals surface area contributed by atoms with E-state index in [-0.39, 0.29) is 26.6 Å². The number of thioether (sulfide) groups is 1. The summed E-state index contributed by atoms with van der Waals surface area (Å²) in [4.78, 5) is 37.5. The van der Waals surface area contributed by atoms with Crippen molar-refractivity contribution in [2.75, 3.05) is 0 Å². The van der Waals surface area contributed by atoms with Gasteiger partial charge in [0.05, 0.1) is 10.7 Å². The minimum absolute atomic E-state index is 0.0385. The van der Waals surface area contributed by atoms with Gasteiger partial charge in [0.1, 0.15) is 11.6 Å². The zero-order valence-corrected chi connectivity index (χ0v) is 17.8. The van der Waals surface area contributed by atoms with E-state index in [1.54, 1.807) is 6.92 Å². The summed E-state index contributed by atoms with van der Waals surface area (Å²) in [5.74, 6) is 0.723. The van der Waals surface area contributed by atoms with Gasteiger partial charge in [-0.25, -0.2) is 0 Å². The van der Waals surface area contributed by atoms with Gasteiger partial charge in [0.15, 0.2) is 5.12 Å². The monoisotopic (exact) mass is 396 g/mol. The summed E-state index contributed by atoms with van der Waals surface area (Å²) in [6.45, 7) is 6.21. The van der Waals surface area contributed by atoms with E-state index in [1.807, 2.05) is 0 Å². The number of fused-ring (bicyclic) bond motifs is 3. The highest BCUT2D eigenvalue weighted by atomic mass is 32.2. The van der Waals surface area contributed by atoms with Crippen LogP contribution in [0.2, 0.25) is 0 Å². The predicted molar refractivity (Wildman–Crippen MR) is 111 cm³/mol. The maximum absolute atomic E-state index is 13.2. The van der Waals surface area contributed by atoms with Crippen LogP contribution in [-0.2, 0) is 14.4 Å². The summed E-state index contributed by atoms with van der Waals surface area (Å²) in [6.07, 6.45) is 11.0. The number of ketones is 2. The van der Waals surface area contributed by atoms with Crippen molar-refractivity contribution in [1.82, 2.24) is 0 Å². The third kappa shape index (κ3) is 2.16. The van der Waals surface area contributed by atoms with E-state index in [0.717, 1.165) is 32.1 Å². The molecule has 148 valence electrons. The Balaban J connectivity index is 1.69. The first-order valence-electron chi connectivity index (χ1n) is 10.6. The molecule has 2 saturated carbocycles. The van der Waals surface area contributed by atoms with Gasteiger partial charge in [-0.2, -0.15) is 0 Å². The SMILES string of the molecule is CC(=O)S[C@@H]1C=C2CC(=O)CCC2(C)C2=C1C1=CC[C@@]3(C)CCC(=O)[C@@]13CC2. The molecule has 5 aliphatic carbocycles. The average molecular weight is 397 g/mol. The normalized spacial score (nSPS) is 41.8. The summed E-state index contributed by atoms with van der Waals surface area (Å²) in [7, 11) is 0. The summed E-state index contributed by atoms with van der Waals surface area (Å²) >= 11 is 1.36. The van der Waals surface area contributed by atoms with Gasteiger partial charge in [0.2, 0.25) is 0 Å². The molecule has 0 radical (unpaired) electrons. The molecule has 0 heterocycles. The van der Waals surface area contributed by atoms with Crippen molar-refractivity contribution in [3.63, 3.8) is 0 Å². The maximum Gasteiger partial charge on any atom is 0.186 e. The van der Waals surface area contributed by atoms with Gasteiger partial charge < -0.3 is 0 Å². The lowest BCUT2D eigenvalue weighted by atomic mass is 9.53. The fourth-order valence-corrected chi connectivity index (χ4v) is 7.98. The molecule has 0 bridgehead atoms. The highest BCUT2D eigenvalue weighted by molar-refractivity contribution is 8.14. The third-order valence-corrected chi connectivity index (χ3v) is 9.55. The first-order valence-corrected chi connectivity index (χ1v) is 11.5. The van der Waals surface area contributed by atoms with Gasteiger partial charge >= 0.3 is 0 Å². The molecule has 1 unspecified atom stereocenters. The van der Waals surface area contributed by atoms with Crippen molar-refractivity contribution in [1.29, 1.82) is 0 Å². The van der Waals surface area contributed by atoms with Gasteiger partial charge in [-0.05, 0) is 48.7 Å². The fourth-order valence-electron chi connectivity index (χ4n) is 7.00. The zero-order valence-electron chi connectivity index (χ0n) is 17.0. The molecular formula is C24H28O3S. The molecule has 5 aliphatic rings. The van der Waals surface area contributed by atoms with Crippen molar-refractivity contribution >= 4 is 28.4 Å². The van der Waals surface area contributed by atoms with Crippen LogP contribution in [0.15, 0.2) is 34.4 Å². The molecule has 28 heavy (non-hydrogen) atoms. The lowest BCUT2D eigenvalue weighted by Gasteiger charge is -2.51. The van der Waals surface area contributed by atoms with E-state index in [0.29, 0.717) is 30.8 Å². The highest BCUT2D eigenvalue weighted by Gasteiger charge is 2.64. The van der Waals surface area contributed by atoms with Crippen LogP contribution >= 0.6 is 11.8 Å². The number of rotatable bonds is 1. The lowest BCUT2D eigenvalue weighted by Crippen LogP contribution is -2.45. The quantitative estimate of drug-likeness (QED) is 0.578. The van der Waals surface area contributed by atoms with Crippen LogP contribution in [-0.4, -0.2) is 21.9 Å². The number of Topliss-reactive ketones (excluding diaryl/α,β-unsaturated/α-hetero) is 2. The van der Waals surface area contributed by atoms with Crippen LogP contribution in [0.3, 0.4) is 0 Å². The summed E-state index contributed by atoms with van der Waals surface area (Å²) in [5, 5.41) is 0.0406. The Hall–Kier alpha value is -1.42. The Morgan fingerprint density at radius 2 is 1.89 bits per heavy atom. The van der Waals surface area contributed by atoms with E-state index >= 15 is 0 Å². The number of carbonyl (C=O) groups is 3. The number of allylic oxidation sites excluding steroid dienone is 4. The number of carbonyl (C=O) groups excluding carboxylic acids is 3. The molecular weight excluding hydrogens is 368 g/mol. The van der Waals surface area contributed by atoms with Gasteiger partial charge in [-0.3, -0.25) is 14.4 Å². The molecule has 4 heteroatoms. The Morgan fingerprint density at radius 1 is 1.11 bits per heavy atom. The minimum Gasteiger partial charge on any atom is -0.299 e. The van der Waals surface area contributed by atoms with Crippen molar-refractivity contribution < 1.29 is 14.4 Å². The van der Waals surface area contributed by atoms with Crippen LogP contribution in [0, 0.1) is 16.2 Å². The van der Waals surface area contributed by atoms with E-state index < -0.39 is 0 Å². The molecule has 5 rings (SSSR count). The molecule has 3 nitrogen and oxygen atoms in total. The Morgan fingerprint density at radius 3 is 2.64 bits per heavy atom. The molecule has 0 aliphatic heterocycles. The predicted octanol–water partition coefficient (Wildman–Crippen LogP) is 5.11. The second kappa shape index (κ2) is 5.81. The van der Waals surface area contributed by atoms with Gasteiger partial charge in [-0.1, -0.05) is 48.9 Å². The first-order chi connectivity index (χ1) is 13.2. The maximum atomic E-state index is 13.2. The van der Waals surface area contributed by atoms with Crippen molar-refractivity contribution in [3.05, 3.63) is 34.4 Å². The Labute approximate surface area is 171 Å².